The number of benzene rings is 1. The van der Waals surface area contributed by atoms with Gasteiger partial charge in [0.05, 0.1) is 12.7 Å². The van der Waals surface area contributed by atoms with Crippen molar-refractivity contribution in [3.8, 4) is 0 Å². The number of halogens is 1. The Morgan fingerprint density at radius 3 is 2.64 bits per heavy atom. The summed E-state index contributed by atoms with van der Waals surface area (Å²) in [6.45, 7) is 2.86. The third-order valence-electron chi connectivity index (χ3n) is 2.29. The average molecular weight is 257 g/mol. The number of rotatable bonds is 1. The van der Waals surface area contributed by atoms with Gasteiger partial charge < -0.3 is 9.47 Å². The quantitative estimate of drug-likeness (QED) is 0.768. The van der Waals surface area contributed by atoms with Crippen molar-refractivity contribution in [3.63, 3.8) is 0 Å². The second kappa shape index (κ2) is 4.43. The van der Waals surface area contributed by atoms with Crippen LogP contribution in [0.5, 0.6) is 0 Å². The Morgan fingerprint density at radius 2 is 2.00 bits per heavy atom. The van der Waals surface area contributed by atoms with Crippen LogP contribution in [0.15, 0.2) is 28.7 Å². The molecule has 1 aromatic rings. The zero-order chi connectivity index (χ0) is 9.97. The van der Waals surface area contributed by atoms with Gasteiger partial charge in [0.15, 0.2) is 6.29 Å². The molecule has 1 fully saturated rings. The fraction of sp³-hybridized carbons (Fsp3) is 0.455. The highest BCUT2D eigenvalue weighted by molar-refractivity contribution is 9.10. The van der Waals surface area contributed by atoms with Gasteiger partial charge >= 0.3 is 0 Å². The highest BCUT2D eigenvalue weighted by Gasteiger charge is 2.20. The molecule has 1 saturated heterocycles. The van der Waals surface area contributed by atoms with E-state index in [2.05, 4.69) is 22.9 Å². The van der Waals surface area contributed by atoms with Gasteiger partial charge in [0.1, 0.15) is 0 Å². The summed E-state index contributed by atoms with van der Waals surface area (Å²) in [6, 6.07) is 8.04. The molecule has 0 saturated carbocycles. The molecule has 2 atom stereocenters. The lowest BCUT2D eigenvalue weighted by molar-refractivity contribution is -0.212. The Hall–Kier alpha value is -0.380. The van der Waals surface area contributed by atoms with Crippen molar-refractivity contribution in [1.29, 1.82) is 0 Å². The Morgan fingerprint density at radius 1 is 1.29 bits per heavy atom. The first-order chi connectivity index (χ1) is 6.75. The summed E-state index contributed by atoms with van der Waals surface area (Å²) in [5.74, 6) is 0. The first-order valence-corrected chi connectivity index (χ1v) is 5.57. The number of hydrogen-bond acceptors (Lipinski definition) is 2. The maximum absolute atomic E-state index is 5.67. The highest BCUT2D eigenvalue weighted by Crippen LogP contribution is 2.26. The van der Waals surface area contributed by atoms with E-state index in [9.17, 15) is 0 Å². The molecule has 0 amide bonds. The van der Waals surface area contributed by atoms with Crippen molar-refractivity contribution in [1.82, 2.24) is 0 Å². The van der Waals surface area contributed by atoms with E-state index in [1.807, 2.05) is 24.3 Å². The molecule has 2 unspecified atom stereocenters. The minimum Gasteiger partial charge on any atom is -0.348 e. The monoisotopic (exact) mass is 256 g/mol. The predicted octanol–water partition coefficient (Wildman–Crippen LogP) is 3.27. The molecule has 3 heteroatoms. The van der Waals surface area contributed by atoms with Crippen molar-refractivity contribution in [2.24, 2.45) is 0 Å². The molecule has 14 heavy (non-hydrogen) atoms. The summed E-state index contributed by atoms with van der Waals surface area (Å²) >= 11 is 3.40. The van der Waals surface area contributed by atoms with E-state index < -0.39 is 0 Å². The van der Waals surface area contributed by atoms with E-state index in [1.165, 1.54) is 0 Å². The second-order valence-electron chi connectivity index (χ2n) is 3.49. The Balaban J connectivity index is 2.10. The van der Waals surface area contributed by atoms with Crippen LogP contribution in [-0.2, 0) is 9.47 Å². The van der Waals surface area contributed by atoms with Crippen molar-refractivity contribution in [2.75, 3.05) is 6.61 Å². The molecule has 0 aromatic heterocycles. The third-order valence-corrected chi connectivity index (χ3v) is 2.82. The molecule has 1 heterocycles. The van der Waals surface area contributed by atoms with Crippen molar-refractivity contribution >= 4 is 15.9 Å². The van der Waals surface area contributed by atoms with Crippen LogP contribution >= 0.6 is 15.9 Å². The Kier molecular flexibility index (Phi) is 3.21. The molecular formula is C11H13BrO2. The molecule has 0 N–H and O–H groups in total. The SMILES string of the molecule is CC1CCOC(c2ccc(Br)cc2)O1. The van der Waals surface area contributed by atoms with E-state index in [-0.39, 0.29) is 12.4 Å². The first-order valence-electron chi connectivity index (χ1n) is 4.78. The average Bonchev–Trinajstić information content (AvgIpc) is 2.19. The summed E-state index contributed by atoms with van der Waals surface area (Å²) in [7, 11) is 0. The van der Waals surface area contributed by atoms with Crippen molar-refractivity contribution in [3.05, 3.63) is 34.3 Å². The predicted molar refractivity (Wildman–Crippen MR) is 58.0 cm³/mol. The molecule has 0 bridgehead atoms. The third kappa shape index (κ3) is 2.35. The summed E-state index contributed by atoms with van der Waals surface area (Å²) in [5.41, 5.74) is 1.08. The normalized spacial score (nSPS) is 27.6. The van der Waals surface area contributed by atoms with E-state index in [0.29, 0.717) is 0 Å². The number of hydrogen-bond donors (Lipinski definition) is 0. The standard InChI is InChI=1S/C11H13BrO2/c1-8-6-7-13-11(14-8)9-2-4-10(12)5-3-9/h2-5,8,11H,6-7H2,1H3. The molecule has 0 spiro atoms. The molecule has 0 aliphatic carbocycles. The summed E-state index contributed by atoms with van der Waals surface area (Å²) in [4.78, 5) is 0. The van der Waals surface area contributed by atoms with Crippen molar-refractivity contribution in [2.45, 2.75) is 25.7 Å². The van der Waals surface area contributed by atoms with Crippen LogP contribution in [0.4, 0.5) is 0 Å². The molecular weight excluding hydrogens is 244 g/mol. The topological polar surface area (TPSA) is 18.5 Å². The van der Waals surface area contributed by atoms with Gasteiger partial charge in [-0.1, -0.05) is 28.1 Å². The maximum Gasteiger partial charge on any atom is 0.184 e. The molecule has 1 aromatic carbocycles. The lowest BCUT2D eigenvalue weighted by atomic mass is 10.2. The van der Waals surface area contributed by atoms with Crippen LogP contribution in [0.25, 0.3) is 0 Å². The largest absolute Gasteiger partial charge is 0.348 e. The number of ether oxygens (including phenoxy) is 2. The zero-order valence-corrected chi connectivity index (χ0v) is 9.66. The van der Waals surface area contributed by atoms with Crippen LogP contribution in [-0.4, -0.2) is 12.7 Å². The summed E-state index contributed by atoms with van der Waals surface area (Å²) in [5, 5.41) is 0. The molecule has 76 valence electrons. The Bertz CT molecular complexity index is 297. The molecule has 2 nitrogen and oxygen atoms in total. The minimum absolute atomic E-state index is 0.188. The molecule has 2 rings (SSSR count). The summed E-state index contributed by atoms with van der Waals surface area (Å²) < 4.78 is 12.3. The van der Waals surface area contributed by atoms with E-state index in [0.717, 1.165) is 23.1 Å². The smallest absolute Gasteiger partial charge is 0.184 e. The van der Waals surface area contributed by atoms with Crippen LogP contribution in [0.3, 0.4) is 0 Å². The van der Waals surface area contributed by atoms with Gasteiger partial charge in [-0.05, 0) is 25.5 Å². The first kappa shape index (κ1) is 10.1. The van der Waals surface area contributed by atoms with Crippen LogP contribution in [0.2, 0.25) is 0 Å². The Labute approximate surface area is 92.3 Å². The van der Waals surface area contributed by atoms with Gasteiger partial charge in [-0.2, -0.15) is 0 Å². The van der Waals surface area contributed by atoms with Gasteiger partial charge in [0.25, 0.3) is 0 Å². The van der Waals surface area contributed by atoms with E-state index >= 15 is 0 Å². The van der Waals surface area contributed by atoms with Gasteiger partial charge in [-0.3, -0.25) is 0 Å². The van der Waals surface area contributed by atoms with Crippen LogP contribution in [0, 0.1) is 0 Å². The van der Waals surface area contributed by atoms with Gasteiger partial charge in [-0.15, -0.1) is 0 Å². The molecule has 0 radical (unpaired) electrons. The van der Waals surface area contributed by atoms with Crippen LogP contribution < -0.4 is 0 Å². The van der Waals surface area contributed by atoms with E-state index in [4.69, 9.17) is 9.47 Å². The maximum atomic E-state index is 5.67. The van der Waals surface area contributed by atoms with Gasteiger partial charge in [0, 0.05) is 10.0 Å². The minimum atomic E-state index is -0.188. The molecule has 1 aliphatic heterocycles. The summed E-state index contributed by atoms with van der Waals surface area (Å²) in [6.07, 6.45) is 1.08. The van der Waals surface area contributed by atoms with Crippen molar-refractivity contribution < 1.29 is 9.47 Å². The van der Waals surface area contributed by atoms with Gasteiger partial charge in [0.2, 0.25) is 0 Å². The fourth-order valence-electron chi connectivity index (χ4n) is 1.45. The fourth-order valence-corrected chi connectivity index (χ4v) is 1.72. The van der Waals surface area contributed by atoms with Crippen LogP contribution in [0.1, 0.15) is 25.2 Å². The second-order valence-corrected chi connectivity index (χ2v) is 4.41. The lowest BCUT2D eigenvalue weighted by Crippen LogP contribution is -2.24. The zero-order valence-electron chi connectivity index (χ0n) is 8.07. The highest BCUT2D eigenvalue weighted by atomic mass is 79.9. The van der Waals surface area contributed by atoms with Gasteiger partial charge in [-0.25, -0.2) is 0 Å². The van der Waals surface area contributed by atoms with E-state index in [1.54, 1.807) is 0 Å². The molecule has 1 aliphatic rings. The lowest BCUT2D eigenvalue weighted by Gasteiger charge is -2.28.